The van der Waals surface area contributed by atoms with Gasteiger partial charge in [0.15, 0.2) is 5.11 Å². The normalized spacial score (nSPS) is 16.1. The Morgan fingerprint density at radius 1 is 1.19 bits per heavy atom. The molecule has 0 bridgehead atoms. The maximum atomic E-state index is 5.43. The van der Waals surface area contributed by atoms with E-state index in [1.807, 2.05) is 12.1 Å². The molecule has 0 atom stereocenters. The third-order valence-corrected chi connectivity index (χ3v) is 4.01. The van der Waals surface area contributed by atoms with Crippen LogP contribution in [0.3, 0.4) is 0 Å². The van der Waals surface area contributed by atoms with E-state index in [4.69, 9.17) is 17.0 Å². The lowest BCUT2D eigenvalue weighted by atomic mass is 10.2. The van der Waals surface area contributed by atoms with E-state index in [1.54, 1.807) is 7.11 Å². The summed E-state index contributed by atoms with van der Waals surface area (Å²) in [5.41, 5.74) is 1.33. The zero-order chi connectivity index (χ0) is 15.2. The molecule has 116 valence electrons. The van der Waals surface area contributed by atoms with Crippen LogP contribution in [0.5, 0.6) is 5.75 Å². The highest BCUT2D eigenvalue weighted by Crippen LogP contribution is 2.14. The summed E-state index contributed by atoms with van der Waals surface area (Å²) in [4.78, 5) is 4.73. The number of nitrogens with zero attached hydrogens (tertiary/aromatic N) is 2. The molecule has 1 N–H and O–H groups in total. The van der Waals surface area contributed by atoms with Crippen molar-refractivity contribution in [3.63, 3.8) is 0 Å². The average molecular weight is 307 g/mol. The molecule has 1 saturated heterocycles. The van der Waals surface area contributed by atoms with Gasteiger partial charge in [-0.15, -0.1) is 0 Å². The van der Waals surface area contributed by atoms with Gasteiger partial charge in [-0.3, -0.25) is 4.90 Å². The van der Waals surface area contributed by atoms with E-state index in [2.05, 4.69) is 41.1 Å². The van der Waals surface area contributed by atoms with Crippen LogP contribution in [-0.4, -0.2) is 54.2 Å². The third kappa shape index (κ3) is 4.86. The van der Waals surface area contributed by atoms with Crippen molar-refractivity contribution in [1.29, 1.82) is 0 Å². The van der Waals surface area contributed by atoms with Gasteiger partial charge >= 0.3 is 0 Å². The summed E-state index contributed by atoms with van der Waals surface area (Å²) < 4.78 is 5.19. The molecule has 1 heterocycles. The number of piperazine rings is 1. The number of hydrogen-bond acceptors (Lipinski definition) is 3. The second-order valence-electron chi connectivity index (χ2n) is 5.72. The molecule has 0 aliphatic carbocycles. The average Bonchev–Trinajstić information content (AvgIpc) is 2.48. The molecule has 1 aliphatic heterocycles. The van der Waals surface area contributed by atoms with Gasteiger partial charge in [-0.25, -0.2) is 0 Å². The summed E-state index contributed by atoms with van der Waals surface area (Å²) >= 11 is 5.43. The van der Waals surface area contributed by atoms with E-state index in [1.165, 1.54) is 5.56 Å². The SMILES string of the molecule is COc1ccc(CN2CCN(C(=S)NC(C)C)CC2)cc1. The van der Waals surface area contributed by atoms with Crippen LogP contribution in [0.15, 0.2) is 24.3 Å². The molecule has 4 nitrogen and oxygen atoms in total. The summed E-state index contributed by atoms with van der Waals surface area (Å²) in [6.07, 6.45) is 0. The zero-order valence-corrected chi connectivity index (χ0v) is 13.9. The van der Waals surface area contributed by atoms with Crippen LogP contribution >= 0.6 is 12.2 Å². The molecule has 0 spiro atoms. The molecule has 5 heteroatoms. The molecule has 1 fully saturated rings. The summed E-state index contributed by atoms with van der Waals surface area (Å²) in [7, 11) is 1.70. The Labute approximate surface area is 133 Å². The molecule has 1 aliphatic rings. The number of nitrogens with one attached hydrogen (secondary N) is 1. The molecule has 0 saturated carbocycles. The Morgan fingerprint density at radius 2 is 1.81 bits per heavy atom. The van der Waals surface area contributed by atoms with Gasteiger partial charge in [-0.1, -0.05) is 12.1 Å². The number of hydrogen-bond donors (Lipinski definition) is 1. The molecule has 1 aromatic carbocycles. The van der Waals surface area contributed by atoms with Gasteiger partial charge in [0.2, 0.25) is 0 Å². The first-order valence-electron chi connectivity index (χ1n) is 7.49. The Bertz CT molecular complexity index is 453. The van der Waals surface area contributed by atoms with Gasteiger partial charge in [0.1, 0.15) is 5.75 Å². The van der Waals surface area contributed by atoms with E-state index < -0.39 is 0 Å². The monoisotopic (exact) mass is 307 g/mol. The van der Waals surface area contributed by atoms with Crippen LogP contribution in [0, 0.1) is 0 Å². The van der Waals surface area contributed by atoms with Crippen molar-refractivity contribution in [2.75, 3.05) is 33.3 Å². The first kappa shape index (κ1) is 16.0. The van der Waals surface area contributed by atoms with Crippen molar-refractivity contribution in [3.8, 4) is 5.75 Å². The van der Waals surface area contributed by atoms with Crippen LogP contribution in [0.25, 0.3) is 0 Å². The summed E-state index contributed by atoms with van der Waals surface area (Å²) in [5.74, 6) is 0.911. The molecule has 0 amide bonds. The lowest BCUT2D eigenvalue weighted by Crippen LogP contribution is -2.52. The second-order valence-corrected chi connectivity index (χ2v) is 6.10. The fourth-order valence-electron chi connectivity index (χ4n) is 2.44. The van der Waals surface area contributed by atoms with E-state index >= 15 is 0 Å². The topological polar surface area (TPSA) is 27.7 Å². The van der Waals surface area contributed by atoms with Crippen LogP contribution < -0.4 is 10.1 Å². The Hall–Kier alpha value is -1.33. The van der Waals surface area contributed by atoms with E-state index in [-0.39, 0.29) is 0 Å². The van der Waals surface area contributed by atoms with Gasteiger partial charge in [0.05, 0.1) is 7.11 Å². The van der Waals surface area contributed by atoms with Gasteiger partial charge in [0.25, 0.3) is 0 Å². The molecule has 0 unspecified atom stereocenters. The minimum Gasteiger partial charge on any atom is -0.497 e. The molecule has 0 aromatic heterocycles. The van der Waals surface area contributed by atoms with Crippen LogP contribution in [0.2, 0.25) is 0 Å². The van der Waals surface area contributed by atoms with Crippen molar-refractivity contribution in [1.82, 2.24) is 15.1 Å². The third-order valence-electron chi connectivity index (χ3n) is 3.64. The van der Waals surface area contributed by atoms with Gasteiger partial charge in [-0.05, 0) is 43.8 Å². The molecule has 2 rings (SSSR count). The molecule has 21 heavy (non-hydrogen) atoms. The molecular formula is C16H25N3OS. The largest absolute Gasteiger partial charge is 0.497 e. The van der Waals surface area contributed by atoms with Crippen molar-refractivity contribution in [2.24, 2.45) is 0 Å². The van der Waals surface area contributed by atoms with Gasteiger partial charge in [0, 0.05) is 38.8 Å². The lowest BCUT2D eigenvalue weighted by molar-refractivity contribution is 0.174. The Balaban J connectivity index is 1.79. The number of thiocarbonyl (C=S) groups is 1. The minimum atomic E-state index is 0.398. The van der Waals surface area contributed by atoms with Crippen LogP contribution in [0.4, 0.5) is 0 Å². The highest BCUT2D eigenvalue weighted by atomic mass is 32.1. The van der Waals surface area contributed by atoms with Crippen molar-refractivity contribution in [2.45, 2.75) is 26.4 Å². The first-order chi connectivity index (χ1) is 10.1. The predicted octanol–water partition coefficient (Wildman–Crippen LogP) is 2.10. The van der Waals surface area contributed by atoms with E-state index in [0.29, 0.717) is 6.04 Å². The summed E-state index contributed by atoms with van der Waals surface area (Å²) in [5, 5.41) is 4.20. The smallest absolute Gasteiger partial charge is 0.169 e. The van der Waals surface area contributed by atoms with Crippen molar-refractivity contribution >= 4 is 17.3 Å². The number of methoxy groups -OCH3 is 1. The first-order valence-corrected chi connectivity index (χ1v) is 7.90. The number of rotatable bonds is 4. The fraction of sp³-hybridized carbons (Fsp3) is 0.562. The predicted molar refractivity (Wildman–Crippen MR) is 90.7 cm³/mol. The Kier molecular flexibility index (Phi) is 5.82. The maximum absolute atomic E-state index is 5.43. The molecule has 0 radical (unpaired) electrons. The fourth-order valence-corrected chi connectivity index (χ4v) is 2.85. The lowest BCUT2D eigenvalue weighted by Gasteiger charge is -2.36. The quantitative estimate of drug-likeness (QED) is 0.860. The van der Waals surface area contributed by atoms with Gasteiger partial charge < -0.3 is 15.0 Å². The second kappa shape index (κ2) is 7.61. The van der Waals surface area contributed by atoms with Crippen LogP contribution in [-0.2, 0) is 6.54 Å². The Morgan fingerprint density at radius 3 is 2.33 bits per heavy atom. The molecular weight excluding hydrogens is 282 g/mol. The maximum Gasteiger partial charge on any atom is 0.169 e. The molecule has 1 aromatic rings. The number of ether oxygens (including phenoxy) is 1. The summed E-state index contributed by atoms with van der Waals surface area (Å²) in [6.45, 7) is 9.31. The summed E-state index contributed by atoms with van der Waals surface area (Å²) in [6, 6.07) is 8.71. The number of benzene rings is 1. The highest BCUT2D eigenvalue weighted by molar-refractivity contribution is 7.80. The minimum absolute atomic E-state index is 0.398. The van der Waals surface area contributed by atoms with Crippen molar-refractivity contribution < 1.29 is 4.74 Å². The standard InChI is InChI=1S/C16H25N3OS/c1-13(2)17-16(21)19-10-8-18(9-11-19)12-14-4-6-15(20-3)7-5-14/h4-7,13H,8-12H2,1-3H3,(H,17,21). The highest BCUT2D eigenvalue weighted by Gasteiger charge is 2.19. The van der Waals surface area contributed by atoms with E-state index in [0.717, 1.165) is 43.6 Å². The van der Waals surface area contributed by atoms with Crippen molar-refractivity contribution in [3.05, 3.63) is 29.8 Å². The van der Waals surface area contributed by atoms with Gasteiger partial charge in [-0.2, -0.15) is 0 Å². The van der Waals surface area contributed by atoms with E-state index in [9.17, 15) is 0 Å². The zero-order valence-electron chi connectivity index (χ0n) is 13.1. The van der Waals surface area contributed by atoms with Crippen LogP contribution in [0.1, 0.15) is 19.4 Å².